The first-order valence-electron chi connectivity index (χ1n) is 10.3. The summed E-state index contributed by atoms with van der Waals surface area (Å²) in [4.78, 5) is 7.21. The quantitative estimate of drug-likeness (QED) is 0.356. The Bertz CT molecular complexity index is 593. The SMILES string of the molecule is CC1CCN(C(=NCC2CCS(=O)(=O)C2)NCC2CCCCO2)CC1C.I. The van der Waals surface area contributed by atoms with E-state index in [9.17, 15) is 8.42 Å². The van der Waals surface area contributed by atoms with E-state index in [1.807, 2.05) is 0 Å². The smallest absolute Gasteiger partial charge is 0.194 e. The van der Waals surface area contributed by atoms with E-state index in [2.05, 4.69) is 24.1 Å². The second-order valence-corrected chi connectivity index (χ2v) is 10.7. The third kappa shape index (κ3) is 7.03. The van der Waals surface area contributed by atoms with Crippen LogP contribution in [0.4, 0.5) is 0 Å². The average molecular weight is 513 g/mol. The molecule has 0 aliphatic carbocycles. The van der Waals surface area contributed by atoms with Crippen LogP contribution in [-0.4, -0.2) is 69.7 Å². The molecule has 27 heavy (non-hydrogen) atoms. The molecule has 0 bridgehead atoms. The number of piperidine rings is 1. The van der Waals surface area contributed by atoms with Crippen molar-refractivity contribution >= 4 is 39.8 Å². The minimum Gasteiger partial charge on any atom is -0.376 e. The summed E-state index contributed by atoms with van der Waals surface area (Å²) >= 11 is 0. The number of ether oxygens (including phenoxy) is 1. The molecule has 0 saturated carbocycles. The Kier molecular flexibility index (Phi) is 9.12. The van der Waals surface area contributed by atoms with Crippen molar-refractivity contribution in [1.82, 2.24) is 10.2 Å². The number of aliphatic imine (C=N–C) groups is 1. The molecule has 158 valence electrons. The summed E-state index contributed by atoms with van der Waals surface area (Å²) in [5.41, 5.74) is 0. The van der Waals surface area contributed by atoms with Gasteiger partial charge in [-0.05, 0) is 49.9 Å². The lowest BCUT2D eigenvalue weighted by Gasteiger charge is -2.38. The van der Waals surface area contributed by atoms with Gasteiger partial charge < -0.3 is 15.0 Å². The van der Waals surface area contributed by atoms with Gasteiger partial charge in [0.2, 0.25) is 0 Å². The van der Waals surface area contributed by atoms with Crippen LogP contribution in [0.25, 0.3) is 0 Å². The van der Waals surface area contributed by atoms with Crippen LogP contribution >= 0.6 is 24.0 Å². The molecule has 3 saturated heterocycles. The Morgan fingerprint density at radius 3 is 2.63 bits per heavy atom. The predicted octanol–water partition coefficient (Wildman–Crippen LogP) is 2.53. The van der Waals surface area contributed by atoms with Gasteiger partial charge in [-0.15, -0.1) is 24.0 Å². The van der Waals surface area contributed by atoms with Crippen molar-refractivity contribution in [3.05, 3.63) is 0 Å². The van der Waals surface area contributed by atoms with Gasteiger partial charge in [0.05, 0.1) is 17.6 Å². The van der Waals surface area contributed by atoms with E-state index in [0.29, 0.717) is 24.0 Å². The fourth-order valence-electron chi connectivity index (χ4n) is 4.13. The molecule has 8 heteroatoms. The number of nitrogens with one attached hydrogen (secondary N) is 1. The van der Waals surface area contributed by atoms with Crippen LogP contribution in [-0.2, 0) is 14.6 Å². The summed E-state index contributed by atoms with van der Waals surface area (Å²) in [6, 6.07) is 0. The van der Waals surface area contributed by atoms with Gasteiger partial charge in [0.1, 0.15) is 0 Å². The zero-order valence-corrected chi connectivity index (χ0v) is 19.9. The lowest BCUT2D eigenvalue weighted by atomic mass is 9.89. The third-order valence-corrected chi connectivity index (χ3v) is 8.06. The fourth-order valence-corrected chi connectivity index (χ4v) is 5.98. The number of rotatable bonds is 4. The first kappa shape index (κ1) is 23.2. The van der Waals surface area contributed by atoms with E-state index in [1.54, 1.807) is 0 Å². The van der Waals surface area contributed by atoms with E-state index >= 15 is 0 Å². The largest absolute Gasteiger partial charge is 0.376 e. The Labute approximate surface area is 181 Å². The van der Waals surface area contributed by atoms with Gasteiger partial charge >= 0.3 is 0 Å². The second-order valence-electron chi connectivity index (χ2n) is 8.49. The standard InChI is InChI=1S/C19H35N3O3S.HI/c1-15-6-8-22(13-16(15)2)19(21-12-18-5-3-4-9-25-18)20-11-17-7-10-26(23,24)14-17;/h15-18H,3-14H2,1-2H3,(H,20,21);1H. The van der Waals surface area contributed by atoms with Crippen LogP contribution in [0.2, 0.25) is 0 Å². The molecule has 1 N–H and O–H groups in total. The summed E-state index contributed by atoms with van der Waals surface area (Å²) in [5.74, 6) is 3.13. The number of guanidine groups is 1. The number of hydrogen-bond donors (Lipinski definition) is 1. The highest BCUT2D eigenvalue weighted by Crippen LogP contribution is 2.23. The zero-order chi connectivity index (χ0) is 18.6. The first-order valence-corrected chi connectivity index (χ1v) is 12.1. The highest BCUT2D eigenvalue weighted by Gasteiger charge is 2.29. The predicted molar refractivity (Wildman–Crippen MR) is 121 cm³/mol. The minimum absolute atomic E-state index is 0. The Morgan fingerprint density at radius 2 is 2.00 bits per heavy atom. The van der Waals surface area contributed by atoms with Crippen molar-refractivity contribution in [3.8, 4) is 0 Å². The van der Waals surface area contributed by atoms with E-state index in [-0.39, 0.29) is 36.0 Å². The molecule has 4 atom stereocenters. The van der Waals surface area contributed by atoms with Crippen molar-refractivity contribution in [2.24, 2.45) is 22.7 Å². The molecular formula is C19H36IN3O3S. The molecule has 0 amide bonds. The van der Waals surface area contributed by atoms with Gasteiger partial charge in [-0.25, -0.2) is 8.42 Å². The highest BCUT2D eigenvalue weighted by atomic mass is 127. The highest BCUT2D eigenvalue weighted by molar-refractivity contribution is 14.0. The van der Waals surface area contributed by atoms with Crippen LogP contribution in [0.5, 0.6) is 0 Å². The molecule has 4 unspecified atom stereocenters. The maximum Gasteiger partial charge on any atom is 0.194 e. The summed E-state index contributed by atoms with van der Waals surface area (Å²) in [5, 5.41) is 3.54. The summed E-state index contributed by atoms with van der Waals surface area (Å²) in [6.07, 6.45) is 5.69. The van der Waals surface area contributed by atoms with Crippen LogP contribution < -0.4 is 5.32 Å². The normalized spacial score (nSPS) is 34.1. The maximum atomic E-state index is 11.7. The first-order chi connectivity index (χ1) is 12.4. The Morgan fingerprint density at radius 1 is 1.19 bits per heavy atom. The van der Waals surface area contributed by atoms with Crippen molar-refractivity contribution in [2.75, 3.05) is 44.3 Å². The number of nitrogens with zero attached hydrogens (tertiary/aromatic N) is 2. The summed E-state index contributed by atoms with van der Waals surface area (Å²) in [7, 11) is -2.84. The van der Waals surface area contributed by atoms with Gasteiger partial charge in [-0.2, -0.15) is 0 Å². The lowest BCUT2D eigenvalue weighted by molar-refractivity contribution is 0.0189. The van der Waals surface area contributed by atoms with Crippen LogP contribution in [0.15, 0.2) is 4.99 Å². The van der Waals surface area contributed by atoms with Crippen LogP contribution in [0, 0.1) is 17.8 Å². The van der Waals surface area contributed by atoms with Crippen LogP contribution in [0.3, 0.4) is 0 Å². The zero-order valence-electron chi connectivity index (χ0n) is 16.7. The molecule has 0 spiro atoms. The topological polar surface area (TPSA) is 71.0 Å². The van der Waals surface area contributed by atoms with Gasteiger partial charge in [-0.1, -0.05) is 13.8 Å². The van der Waals surface area contributed by atoms with E-state index in [4.69, 9.17) is 9.73 Å². The second kappa shape index (κ2) is 10.6. The van der Waals surface area contributed by atoms with Gasteiger partial charge in [0, 0.05) is 32.8 Å². The fraction of sp³-hybridized carbons (Fsp3) is 0.947. The molecule has 3 heterocycles. The average Bonchev–Trinajstić information content (AvgIpc) is 2.97. The minimum atomic E-state index is -2.84. The van der Waals surface area contributed by atoms with Crippen molar-refractivity contribution in [2.45, 2.75) is 52.1 Å². The van der Waals surface area contributed by atoms with Gasteiger partial charge in [0.25, 0.3) is 0 Å². The van der Waals surface area contributed by atoms with Crippen LogP contribution in [0.1, 0.15) is 46.0 Å². The molecule has 0 aromatic rings. The monoisotopic (exact) mass is 513 g/mol. The van der Waals surface area contributed by atoms with Crippen molar-refractivity contribution < 1.29 is 13.2 Å². The number of likely N-dealkylation sites (tertiary alicyclic amines) is 1. The van der Waals surface area contributed by atoms with E-state index in [0.717, 1.165) is 57.4 Å². The number of hydrogen-bond acceptors (Lipinski definition) is 4. The molecular weight excluding hydrogens is 477 g/mol. The molecule has 0 aromatic heterocycles. The Hall–Kier alpha value is -0.0900. The molecule has 3 rings (SSSR count). The lowest BCUT2D eigenvalue weighted by Crippen LogP contribution is -2.50. The van der Waals surface area contributed by atoms with Gasteiger partial charge in [0.15, 0.2) is 15.8 Å². The molecule has 0 aromatic carbocycles. The van der Waals surface area contributed by atoms with E-state index in [1.165, 1.54) is 12.8 Å². The third-order valence-electron chi connectivity index (χ3n) is 6.22. The molecule has 6 nitrogen and oxygen atoms in total. The maximum absolute atomic E-state index is 11.7. The van der Waals surface area contributed by atoms with Crippen molar-refractivity contribution in [3.63, 3.8) is 0 Å². The molecule has 3 aliphatic rings. The van der Waals surface area contributed by atoms with E-state index < -0.39 is 9.84 Å². The van der Waals surface area contributed by atoms with Gasteiger partial charge in [-0.3, -0.25) is 4.99 Å². The van der Waals surface area contributed by atoms with Crippen molar-refractivity contribution in [1.29, 1.82) is 0 Å². The molecule has 0 radical (unpaired) electrons. The Balaban J connectivity index is 0.00000261. The summed E-state index contributed by atoms with van der Waals surface area (Å²) < 4.78 is 29.3. The molecule has 3 fully saturated rings. The summed E-state index contributed by atoms with van der Waals surface area (Å²) in [6.45, 7) is 8.92. The number of sulfone groups is 1. The number of halogens is 1. The molecule has 3 aliphatic heterocycles.